The highest BCUT2D eigenvalue weighted by Crippen LogP contribution is 2.25. The Morgan fingerprint density at radius 2 is 2.00 bits per heavy atom. The average Bonchev–Trinajstić information content (AvgIpc) is 2.39. The van der Waals surface area contributed by atoms with Crippen molar-refractivity contribution in [1.82, 2.24) is 19.9 Å². The second kappa shape index (κ2) is 4.59. The maximum atomic E-state index is 6.15. The van der Waals surface area contributed by atoms with E-state index in [4.69, 9.17) is 11.6 Å². The Kier molecular flexibility index (Phi) is 2.93. The lowest BCUT2D eigenvalue weighted by Crippen LogP contribution is -1.94. The monoisotopic (exact) mass is 320 g/mol. The minimum Gasteiger partial charge on any atom is -0.261 e. The smallest absolute Gasteiger partial charge is 0.181 e. The van der Waals surface area contributed by atoms with Crippen LogP contribution in [-0.4, -0.2) is 19.9 Å². The maximum Gasteiger partial charge on any atom is 0.181 e. The molecule has 0 N–H and O–H groups in total. The Labute approximate surface area is 116 Å². The van der Waals surface area contributed by atoms with Crippen molar-refractivity contribution in [3.05, 3.63) is 46.4 Å². The molecule has 3 aromatic rings. The molecular weight excluding hydrogens is 316 g/mol. The van der Waals surface area contributed by atoms with Gasteiger partial charge in [-0.05, 0) is 18.2 Å². The quantitative estimate of drug-likeness (QED) is 0.644. The predicted molar refractivity (Wildman–Crippen MR) is 73.3 cm³/mol. The molecule has 4 nitrogen and oxygen atoms in total. The van der Waals surface area contributed by atoms with E-state index >= 15 is 0 Å². The third-order valence-electron chi connectivity index (χ3n) is 2.40. The molecule has 0 fully saturated rings. The van der Waals surface area contributed by atoms with Crippen LogP contribution in [0, 0.1) is 0 Å². The molecule has 0 saturated heterocycles. The number of rotatable bonds is 1. The van der Waals surface area contributed by atoms with Gasteiger partial charge in [0.05, 0.1) is 11.7 Å². The summed E-state index contributed by atoms with van der Waals surface area (Å²) in [5.74, 6) is 0.471. The summed E-state index contributed by atoms with van der Waals surface area (Å²) in [6.45, 7) is 0. The fourth-order valence-corrected chi connectivity index (χ4v) is 2.18. The highest BCUT2D eigenvalue weighted by Gasteiger charge is 2.09. The zero-order chi connectivity index (χ0) is 12.5. The van der Waals surface area contributed by atoms with Crippen molar-refractivity contribution < 1.29 is 0 Å². The van der Waals surface area contributed by atoms with E-state index in [0.717, 1.165) is 15.4 Å². The summed E-state index contributed by atoms with van der Waals surface area (Å²) in [6, 6.07) is 5.67. The van der Waals surface area contributed by atoms with Crippen molar-refractivity contribution in [3.63, 3.8) is 0 Å². The van der Waals surface area contributed by atoms with Crippen LogP contribution >= 0.6 is 27.5 Å². The van der Waals surface area contributed by atoms with Crippen LogP contribution in [-0.2, 0) is 0 Å². The number of halogens is 2. The summed E-state index contributed by atoms with van der Waals surface area (Å²) in [5.41, 5.74) is 1.37. The van der Waals surface area contributed by atoms with Gasteiger partial charge in [-0.15, -0.1) is 0 Å². The van der Waals surface area contributed by atoms with Crippen molar-refractivity contribution >= 4 is 38.4 Å². The zero-order valence-electron chi connectivity index (χ0n) is 9.01. The number of hydrogen-bond donors (Lipinski definition) is 0. The molecule has 1 aromatic carbocycles. The molecule has 88 valence electrons. The molecule has 2 heterocycles. The zero-order valence-corrected chi connectivity index (χ0v) is 11.4. The van der Waals surface area contributed by atoms with Gasteiger partial charge in [0.15, 0.2) is 5.82 Å². The molecule has 3 rings (SSSR count). The van der Waals surface area contributed by atoms with Gasteiger partial charge in [-0.25, -0.2) is 15.0 Å². The van der Waals surface area contributed by atoms with Gasteiger partial charge < -0.3 is 0 Å². The normalized spacial score (nSPS) is 10.8. The third-order valence-corrected chi connectivity index (χ3v) is 3.19. The van der Waals surface area contributed by atoms with Gasteiger partial charge >= 0.3 is 0 Å². The van der Waals surface area contributed by atoms with E-state index in [-0.39, 0.29) is 0 Å². The fourth-order valence-electron chi connectivity index (χ4n) is 1.59. The topological polar surface area (TPSA) is 51.6 Å². The molecule has 0 aliphatic heterocycles. The maximum absolute atomic E-state index is 6.15. The number of aromatic nitrogens is 4. The van der Waals surface area contributed by atoms with Crippen LogP contribution in [0.3, 0.4) is 0 Å². The molecule has 0 saturated carbocycles. The number of benzene rings is 1. The fraction of sp³-hybridized carbons (Fsp3) is 0. The predicted octanol–water partition coefficient (Wildman–Crippen LogP) is 3.50. The largest absolute Gasteiger partial charge is 0.261 e. The van der Waals surface area contributed by atoms with Crippen molar-refractivity contribution in [2.75, 3.05) is 0 Å². The van der Waals surface area contributed by atoms with Crippen molar-refractivity contribution in [2.24, 2.45) is 0 Å². The van der Waals surface area contributed by atoms with Crippen LogP contribution in [0.5, 0.6) is 0 Å². The molecule has 6 heteroatoms. The van der Waals surface area contributed by atoms with Crippen LogP contribution in [0.25, 0.3) is 22.4 Å². The highest BCUT2D eigenvalue weighted by atomic mass is 79.9. The summed E-state index contributed by atoms with van der Waals surface area (Å²) in [4.78, 5) is 16.8. The second-order valence-corrected chi connectivity index (χ2v) is 4.86. The summed E-state index contributed by atoms with van der Waals surface area (Å²) in [6.07, 6.45) is 4.80. The van der Waals surface area contributed by atoms with E-state index in [0.29, 0.717) is 16.7 Å². The van der Waals surface area contributed by atoms with Gasteiger partial charge in [0.25, 0.3) is 0 Å². The lowest BCUT2D eigenvalue weighted by atomic mass is 10.2. The number of nitrogens with zero attached hydrogens (tertiary/aromatic N) is 4. The second-order valence-electron chi connectivity index (χ2n) is 3.59. The van der Waals surface area contributed by atoms with E-state index in [1.807, 2.05) is 18.2 Å². The van der Waals surface area contributed by atoms with Crippen LogP contribution in [0.4, 0.5) is 0 Å². The minimum absolute atomic E-state index is 0.410. The van der Waals surface area contributed by atoms with E-state index in [2.05, 4.69) is 35.9 Å². The van der Waals surface area contributed by atoms with Crippen molar-refractivity contribution in [2.45, 2.75) is 0 Å². The van der Waals surface area contributed by atoms with Gasteiger partial charge in [-0.2, -0.15) is 0 Å². The van der Waals surface area contributed by atoms with E-state index < -0.39 is 0 Å². The summed E-state index contributed by atoms with van der Waals surface area (Å²) in [5, 5.41) is 1.22. The Bertz CT molecular complexity index is 718. The lowest BCUT2D eigenvalue weighted by Gasteiger charge is -2.03. The van der Waals surface area contributed by atoms with Gasteiger partial charge in [-0.1, -0.05) is 27.5 Å². The first-order chi connectivity index (χ1) is 8.74. The molecule has 0 spiro atoms. The molecule has 0 radical (unpaired) electrons. The van der Waals surface area contributed by atoms with Crippen LogP contribution < -0.4 is 0 Å². The molecular formula is C12H6BrClN4. The van der Waals surface area contributed by atoms with Crippen molar-refractivity contribution in [1.29, 1.82) is 0 Å². The molecule has 2 aromatic heterocycles. The van der Waals surface area contributed by atoms with Gasteiger partial charge in [0.2, 0.25) is 0 Å². The van der Waals surface area contributed by atoms with E-state index in [1.165, 1.54) is 0 Å². The lowest BCUT2D eigenvalue weighted by molar-refractivity contribution is 1.13. The molecule has 0 aliphatic rings. The number of hydrogen-bond acceptors (Lipinski definition) is 4. The highest BCUT2D eigenvalue weighted by molar-refractivity contribution is 9.10. The Hall–Kier alpha value is -1.59. The average molecular weight is 322 g/mol. The first kappa shape index (κ1) is 11.5. The molecule has 0 bridgehead atoms. The van der Waals surface area contributed by atoms with Gasteiger partial charge in [0.1, 0.15) is 10.8 Å². The molecule has 0 amide bonds. The van der Waals surface area contributed by atoms with Crippen LogP contribution in [0.15, 0.2) is 41.3 Å². The molecule has 0 unspecified atom stereocenters. The van der Waals surface area contributed by atoms with Gasteiger partial charge in [0, 0.05) is 22.3 Å². The Balaban J connectivity index is 2.27. The molecule has 0 atom stereocenters. The SMILES string of the molecule is Clc1nc(-c2cnccn2)nc2cc(Br)ccc12. The van der Waals surface area contributed by atoms with E-state index in [9.17, 15) is 0 Å². The summed E-state index contributed by atoms with van der Waals surface area (Å²) >= 11 is 9.56. The standard InChI is InChI=1S/C12H6BrClN4/c13-7-1-2-8-9(5-7)17-12(18-11(8)14)10-6-15-3-4-16-10/h1-6H. The van der Waals surface area contributed by atoms with Crippen molar-refractivity contribution in [3.8, 4) is 11.5 Å². The number of fused-ring (bicyclic) bond motifs is 1. The Morgan fingerprint density at radius 3 is 2.78 bits per heavy atom. The summed E-state index contributed by atoms with van der Waals surface area (Å²) in [7, 11) is 0. The molecule has 0 aliphatic carbocycles. The first-order valence-corrected chi connectivity index (χ1v) is 6.30. The molecule has 18 heavy (non-hydrogen) atoms. The van der Waals surface area contributed by atoms with Gasteiger partial charge in [-0.3, -0.25) is 4.98 Å². The van der Waals surface area contributed by atoms with Crippen LogP contribution in [0.2, 0.25) is 5.15 Å². The van der Waals surface area contributed by atoms with E-state index in [1.54, 1.807) is 18.6 Å². The van der Waals surface area contributed by atoms with Crippen LogP contribution in [0.1, 0.15) is 0 Å². The first-order valence-electron chi connectivity index (χ1n) is 5.13. The minimum atomic E-state index is 0.410. The Morgan fingerprint density at radius 1 is 1.11 bits per heavy atom. The summed E-state index contributed by atoms with van der Waals surface area (Å²) < 4.78 is 0.940. The third kappa shape index (κ3) is 2.07.